The summed E-state index contributed by atoms with van der Waals surface area (Å²) < 4.78 is 0. The van der Waals surface area contributed by atoms with Crippen LogP contribution in [0.25, 0.3) is 0 Å². The van der Waals surface area contributed by atoms with Crippen LogP contribution < -0.4 is 0 Å². The van der Waals surface area contributed by atoms with Gasteiger partial charge in [-0.15, -0.1) is 0 Å². The van der Waals surface area contributed by atoms with Crippen LogP contribution >= 0.6 is 0 Å². The Bertz CT molecular complexity index is 718. The minimum absolute atomic E-state index is 0.0640. The van der Waals surface area contributed by atoms with Crippen molar-refractivity contribution in [2.45, 2.75) is 74.5 Å². The molecule has 1 heterocycles. The quantitative estimate of drug-likeness (QED) is 0.571. The number of Topliss-reactive ketones (excluding diaryl/α,β-unsaturated/α-hetero) is 1. The van der Waals surface area contributed by atoms with Gasteiger partial charge in [-0.05, 0) is 37.5 Å². The van der Waals surface area contributed by atoms with Gasteiger partial charge in [0.05, 0.1) is 13.0 Å². The molecule has 1 saturated carbocycles. The third kappa shape index (κ3) is 3.60. The Labute approximate surface area is 170 Å². The molecule has 3 atom stereocenters. The highest BCUT2D eigenvalue weighted by atomic mass is 17.2. The molecule has 5 nitrogen and oxygen atoms in total. The monoisotopic (exact) mass is 391 g/mol. The van der Waals surface area contributed by atoms with Crippen molar-refractivity contribution in [3.8, 4) is 0 Å². The first-order valence-corrected chi connectivity index (χ1v) is 9.95. The highest BCUT2D eigenvalue weighted by Gasteiger charge is 2.52. The number of aliphatic hydroxyl groups excluding tert-OH is 1. The molecule has 1 fully saturated rings. The summed E-state index contributed by atoms with van der Waals surface area (Å²) in [5.74, 6) is -0.695. The fraction of sp³-hybridized carbons (Fsp3) is 0.696. The standard InChI is InChI=1S/C23H37NO4/c1-12(16-17(25)19(18(16)26)28-27-11)15-13(2)20(22(4,5)6)24(10)21(14(15)3)23(7,8)9/h16-17,19,25H,1-11H3. The van der Waals surface area contributed by atoms with Crippen molar-refractivity contribution >= 4 is 5.78 Å². The lowest BCUT2D eigenvalue weighted by atomic mass is 9.68. The molecular formula is C23H37NO4. The van der Waals surface area contributed by atoms with E-state index in [0.717, 1.165) is 22.3 Å². The largest absolute Gasteiger partial charge is 0.389 e. The maximum Gasteiger partial charge on any atom is 0.178 e. The molecule has 3 unspecified atom stereocenters. The molecule has 0 saturated heterocycles. The zero-order chi connectivity index (χ0) is 21.8. The fourth-order valence-corrected chi connectivity index (χ4v) is 5.26. The van der Waals surface area contributed by atoms with Crippen LogP contribution in [0, 0.1) is 16.7 Å². The van der Waals surface area contributed by atoms with Gasteiger partial charge >= 0.3 is 0 Å². The second-order valence-corrected chi connectivity index (χ2v) is 10.1. The van der Waals surface area contributed by atoms with Crippen molar-refractivity contribution < 1.29 is 19.7 Å². The molecule has 28 heavy (non-hydrogen) atoms. The third-order valence-corrected chi connectivity index (χ3v) is 5.85. The topological polar surface area (TPSA) is 59.0 Å². The molecule has 2 rings (SSSR count). The van der Waals surface area contributed by atoms with E-state index in [0.29, 0.717) is 0 Å². The summed E-state index contributed by atoms with van der Waals surface area (Å²) in [7, 11) is 3.48. The molecule has 158 valence electrons. The van der Waals surface area contributed by atoms with Gasteiger partial charge in [0, 0.05) is 29.3 Å². The van der Waals surface area contributed by atoms with Gasteiger partial charge in [-0.2, -0.15) is 0 Å². The summed E-state index contributed by atoms with van der Waals surface area (Å²) in [5, 5.41) is 10.5. The van der Waals surface area contributed by atoms with E-state index in [2.05, 4.69) is 72.2 Å². The predicted octanol–water partition coefficient (Wildman–Crippen LogP) is 4.39. The van der Waals surface area contributed by atoms with Gasteiger partial charge in [0.1, 0.15) is 6.10 Å². The molecular weight excluding hydrogens is 354 g/mol. The van der Waals surface area contributed by atoms with E-state index >= 15 is 0 Å². The minimum Gasteiger partial charge on any atom is -0.389 e. The van der Waals surface area contributed by atoms with E-state index in [4.69, 9.17) is 4.89 Å². The van der Waals surface area contributed by atoms with Gasteiger partial charge in [-0.1, -0.05) is 47.1 Å². The Hall–Kier alpha value is -1.43. The molecule has 1 aliphatic heterocycles. The molecule has 0 aromatic carbocycles. The first kappa shape index (κ1) is 22.9. The Morgan fingerprint density at radius 3 is 1.75 bits per heavy atom. The number of carbonyl (C=O) groups is 1. The summed E-state index contributed by atoms with van der Waals surface area (Å²) in [4.78, 5) is 24.5. The number of rotatable bonds is 3. The maximum absolute atomic E-state index is 12.6. The van der Waals surface area contributed by atoms with Gasteiger partial charge in [0.2, 0.25) is 0 Å². The zero-order valence-corrected chi connectivity index (χ0v) is 19.4. The summed E-state index contributed by atoms with van der Waals surface area (Å²) in [6.07, 6.45) is -1.80. The van der Waals surface area contributed by atoms with Gasteiger partial charge in [-0.25, -0.2) is 9.78 Å². The minimum atomic E-state index is -0.908. The van der Waals surface area contributed by atoms with Crippen LogP contribution in [0.3, 0.4) is 0 Å². The summed E-state index contributed by atoms with van der Waals surface area (Å²) in [5.41, 5.74) is 6.66. The molecule has 5 heteroatoms. The van der Waals surface area contributed by atoms with E-state index in [1.807, 2.05) is 6.92 Å². The van der Waals surface area contributed by atoms with Gasteiger partial charge in [0.15, 0.2) is 11.9 Å². The van der Waals surface area contributed by atoms with E-state index < -0.39 is 18.1 Å². The summed E-state index contributed by atoms with van der Waals surface area (Å²) in [6.45, 7) is 19.5. The molecule has 0 aromatic heterocycles. The second-order valence-electron chi connectivity index (χ2n) is 10.1. The zero-order valence-electron chi connectivity index (χ0n) is 19.4. The van der Waals surface area contributed by atoms with Crippen molar-refractivity contribution in [1.29, 1.82) is 0 Å². The SMILES string of the molecule is COOC1C(=O)C(C(C)=C2C(C)=C(C(C)(C)C)N(C)C(C(C)(C)C)=C2C)C1O. The average Bonchev–Trinajstić information content (AvgIpc) is 2.49. The summed E-state index contributed by atoms with van der Waals surface area (Å²) in [6, 6.07) is 0. The number of allylic oxidation sites excluding steroid dienone is 5. The highest BCUT2D eigenvalue weighted by molar-refractivity contribution is 5.96. The van der Waals surface area contributed by atoms with Crippen LogP contribution in [0.4, 0.5) is 0 Å². The van der Waals surface area contributed by atoms with Gasteiger partial charge in [-0.3, -0.25) is 4.79 Å². The number of hydrogen-bond donors (Lipinski definition) is 1. The van der Waals surface area contributed by atoms with Crippen LogP contribution in [-0.4, -0.2) is 42.2 Å². The maximum atomic E-state index is 12.6. The van der Waals surface area contributed by atoms with Crippen molar-refractivity contribution in [2.75, 3.05) is 14.2 Å². The van der Waals surface area contributed by atoms with E-state index in [-0.39, 0.29) is 16.6 Å². The van der Waals surface area contributed by atoms with Crippen LogP contribution in [0.5, 0.6) is 0 Å². The molecule has 1 N–H and O–H groups in total. The molecule has 0 aromatic rings. The highest BCUT2D eigenvalue weighted by Crippen LogP contribution is 2.49. The van der Waals surface area contributed by atoms with E-state index in [1.54, 1.807) is 0 Å². The van der Waals surface area contributed by atoms with Gasteiger partial charge in [0.25, 0.3) is 0 Å². The van der Waals surface area contributed by atoms with Crippen LogP contribution in [0.2, 0.25) is 0 Å². The molecule has 0 amide bonds. The molecule has 2 aliphatic rings. The Kier molecular flexibility index (Phi) is 6.07. The number of nitrogens with zero attached hydrogens (tertiary/aromatic N) is 1. The fourth-order valence-electron chi connectivity index (χ4n) is 5.26. The van der Waals surface area contributed by atoms with Crippen molar-refractivity contribution in [3.05, 3.63) is 33.7 Å². The Morgan fingerprint density at radius 1 is 1.00 bits per heavy atom. The van der Waals surface area contributed by atoms with E-state index in [9.17, 15) is 9.90 Å². The first-order chi connectivity index (χ1) is 12.7. The number of ketones is 1. The van der Waals surface area contributed by atoms with Crippen molar-refractivity contribution in [3.63, 3.8) is 0 Å². The molecule has 0 spiro atoms. The predicted molar refractivity (Wildman–Crippen MR) is 111 cm³/mol. The average molecular weight is 392 g/mol. The summed E-state index contributed by atoms with van der Waals surface area (Å²) >= 11 is 0. The van der Waals surface area contributed by atoms with Crippen molar-refractivity contribution in [2.24, 2.45) is 16.7 Å². The Balaban J connectivity index is 2.71. The lowest BCUT2D eigenvalue weighted by molar-refractivity contribution is -0.325. The number of carbonyl (C=O) groups excluding carboxylic acids is 1. The van der Waals surface area contributed by atoms with Crippen molar-refractivity contribution in [1.82, 2.24) is 4.90 Å². The normalized spacial score (nSPS) is 26.9. The second kappa shape index (κ2) is 7.43. The van der Waals surface area contributed by atoms with E-state index in [1.165, 1.54) is 18.5 Å². The third-order valence-electron chi connectivity index (χ3n) is 5.85. The lowest BCUT2D eigenvalue weighted by Gasteiger charge is -2.46. The lowest BCUT2D eigenvalue weighted by Crippen LogP contribution is -2.58. The molecule has 1 aliphatic carbocycles. The van der Waals surface area contributed by atoms with Crippen LogP contribution in [-0.2, 0) is 14.6 Å². The first-order valence-electron chi connectivity index (χ1n) is 9.95. The van der Waals surface area contributed by atoms with Crippen LogP contribution in [0.1, 0.15) is 62.3 Å². The smallest absolute Gasteiger partial charge is 0.178 e. The Morgan fingerprint density at radius 2 is 1.43 bits per heavy atom. The number of hydrogen-bond acceptors (Lipinski definition) is 5. The molecule has 0 radical (unpaired) electrons. The number of aliphatic hydroxyl groups is 1. The van der Waals surface area contributed by atoms with Crippen LogP contribution in [0.15, 0.2) is 33.7 Å². The van der Waals surface area contributed by atoms with Gasteiger partial charge < -0.3 is 10.0 Å². The molecule has 0 bridgehead atoms.